The van der Waals surface area contributed by atoms with Crippen LogP contribution in [0.25, 0.3) is 0 Å². The highest BCUT2D eigenvalue weighted by atomic mass is 79.9. The van der Waals surface area contributed by atoms with Gasteiger partial charge in [-0.2, -0.15) is 0 Å². The van der Waals surface area contributed by atoms with Crippen LogP contribution in [-0.4, -0.2) is 38.8 Å². The first-order valence-electron chi connectivity index (χ1n) is 5.79. The lowest BCUT2D eigenvalue weighted by molar-refractivity contribution is 0.156. The Morgan fingerprint density at radius 3 is 2.50 bits per heavy atom. The second kappa shape index (κ2) is 7.63. The first-order valence-corrected chi connectivity index (χ1v) is 8.46. The minimum atomic E-state index is -3.11. The van der Waals surface area contributed by atoms with E-state index in [0.717, 1.165) is 31.0 Å². The van der Waals surface area contributed by atoms with Crippen molar-refractivity contribution in [3.63, 3.8) is 0 Å². The summed E-state index contributed by atoms with van der Waals surface area (Å²) in [4.78, 5) is 0. The highest BCUT2D eigenvalue weighted by molar-refractivity contribution is 9.09. The summed E-state index contributed by atoms with van der Waals surface area (Å²) in [5, 5.41) is 0.597. The molecule has 1 fully saturated rings. The standard InChI is InChI=1S/C10H20BrNO3S/c11-6-8-15-9-7-12-16(13,14)10-4-2-1-3-5-10/h10,12H,1-9H2. The van der Waals surface area contributed by atoms with E-state index < -0.39 is 10.0 Å². The van der Waals surface area contributed by atoms with Gasteiger partial charge in [-0.05, 0) is 12.8 Å². The van der Waals surface area contributed by atoms with Crippen LogP contribution in [0.2, 0.25) is 0 Å². The van der Waals surface area contributed by atoms with E-state index in [9.17, 15) is 8.42 Å². The van der Waals surface area contributed by atoms with Crippen molar-refractivity contribution in [3.05, 3.63) is 0 Å². The molecule has 0 saturated heterocycles. The van der Waals surface area contributed by atoms with Crippen LogP contribution in [0.5, 0.6) is 0 Å². The number of rotatable bonds is 7. The number of hydrogen-bond donors (Lipinski definition) is 1. The number of ether oxygens (including phenoxy) is 1. The first-order chi connectivity index (χ1) is 7.67. The van der Waals surface area contributed by atoms with E-state index in [-0.39, 0.29) is 5.25 Å². The van der Waals surface area contributed by atoms with Gasteiger partial charge in [-0.25, -0.2) is 13.1 Å². The normalized spacial score (nSPS) is 18.8. The zero-order chi connectivity index (χ0) is 11.9. The van der Waals surface area contributed by atoms with Crippen molar-refractivity contribution < 1.29 is 13.2 Å². The molecular formula is C10H20BrNO3S. The average molecular weight is 314 g/mol. The lowest BCUT2D eigenvalue weighted by Gasteiger charge is -2.21. The second-order valence-corrected chi connectivity index (χ2v) is 6.84. The molecule has 4 nitrogen and oxygen atoms in total. The summed E-state index contributed by atoms with van der Waals surface area (Å²) in [7, 11) is -3.11. The molecule has 0 amide bonds. The van der Waals surface area contributed by atoms with Crippen molar-refractivity contribution in [1.82, 2.24) is 4.72 Å². The molecule has 0 aromatic carbocycles. The predicted octanol–water partition coefficient (Wildman–Crippen LogP) is 1.65. The zero-order valence-corrected chi connectivity index (χ0v) is 11.9. The molecule has 0 spiro atoms. The minimum Gasteiger partial charge on any atom is -0.379 e. The number of sulfonamides is 1. The Kier molecular flexibility index (Phi) is 6.87. The van der Waals surface area contributed by atoms with Crippen LogP contribution in [0.3, 0.4) is 0 Å². The molecule has 0 aliphatic heterocycles. The van der Waals surface area contributed by atoms with Gasteiger partial charge >= 0.3 is 0 Å². The Morgan fingerprint density at radius 2 is 1.88 bits per heavy atom. The summed E-state index contributed by atoms with van der Waals surface area (Å²) in [5.74, 6) is 0. The van der Waals surface area contributed by atoms with E-state index in [4.69, 9.17) is 4.74 Å². The predicted molar refractivity (Wildman–Crippen MR) is 68.4 cm³/mol. The number of nitrogens with one attached hydrogen (secondary N) is 1. The zero-order valence-electron chi connectivity index (χ0n) is 9.45. The average Bonchev–Trinajstić information content (AvgIpc) is 2.30. The molecule has 1 N–H and O–H groups in total. The maximum absolute atomic E-state index is 11.8. The van der Waals surface area contributed by atoms with Crippen LogP contribution >= 0.6 is 15.9 Å². The van der Waals surface area contributed by atoms with Gasteiger partial charge in [-0.3, -0.25) is 0 Å². The summed E-state index contributed by atoms with van der Waals surface area (Å²) in [6.45, 7) is 1.44. The van der Waals surface area contributed by atoms with Crippen LogP contribution in [0.4, 0.5) is 0 Å². The maximum atomic E-state index is 11.8. The Balaban J connectivity index is 2.22. The van der Waals surface area contributed by atoms with E-state index >= 15 is 0 Å². The number of alkyl halides is 1. The van der Waals surface area contributed by atoms with Gasteiger partial charge in [0, 0.05) is 11.9 Å². The summed E-state index contributed by atoms with van der Waals surface area (Å²) in [5.41, 5.74) is 0. The molecule has 0 heterocycles. The van der Waals surface area contributed by atoms with Crippen LogP contribution < -0.4 is 4.72 Å². The van der Waals surface area contributed by atoms with E-state index in [1.165, 1.54) is 6.42 Å². The highest BCUT2D eigenvalue weighted by Gasteiger charge is 2.26. The van der Waals surface area contributed by atoms with Crippen LogP contribution in [0.1, 0.15) is 32.1 Å². The van der Waals surface area contributed by atoms with Crippen LogP contribution in [0.15, 0.2) is 0 Å². The van der Waals surface area contributed by atoms with E-state index in [2.05, 4.69) is 20.7 Å². The highest BCUT2D eigenvalue weighted by Crippen LogP contribution is 2.22. The largest absolute Gasteiger partial charge is 0.379 e. The lowest BCUT2D eigenvalue weighted by atomic mass is 10.0. The molecule has 0 atom stereocenters. The third-order valence-electron chi connectivity index (χ3n) is 2.76. The summed E-state index contributed by atoms with van der Waals surface area (Å²) >= 11 is 3.24. The van der Waals surface area contributed by atoms with Gasteiger partial charge in [0.15, 0.2) is 0 Å². The van der Waals surface area contributed by atoms with Gasteiger partial charge in [0.25, 0.3) is 0 Å². The van der Waals surface area contributed by atoms with Gasteiger partial charge in [0.1, 0.15) is 0 Å². The van der Waals surface area contributed by atoms with E-state index in [0.29, 0.717) is 19.8 Å². The Labute approximate surface area is 106 Å². The third kappa shape index (κ3) is 5.12. The maximum Gasteiger partial charge on any atom is 0.214 e. The molecule has 16 heavy (non-hydrogen) atoms. The smallest absolute Gasteiger partial charge is 0.214 e. The van der Waals surface area contributed by atoms with Crippen molar-refractivity contribution in [3.8, 4) is 0 Å². The number of hydrogen-bond acceptors (Lipinski definition) is 3. The Morgan fingerprint density at radius 1 is 1.19 bits per heavy atom. The minimum absolute atomic E-state index is 0.183. The topological polar surface area (TPSA) is 55.4 Å². The molecule has 1 saturated carbocycles. The SMILES string of the molecule is O=S(=O)(NCCOCCBr)C1CCCCC1. The molecule has 96 valence electrons. The van der Waals surface area contributed by atoms with Gasteiger partial charge in [-0.1, -0.05) is 35.2 Å². The molecule has 0 aromatic rings. The summed E-state index contributed by atoms with van der Waals surface area (Å²) in [6.07, 6.45) is 4.84. The molecule has 0 radical (unpaired) electrons. The molecule has 1 aliphatic rings. The van der Waals surface area contributed by atoms with E-state index in [1.807, 2.05) is 0 Å². The monoisotopic (exact) mass is 313 g/mol. The molecule has 1 aliphatic carbocycles. The molecule has 1 rings (SSSR count). The molecule has 6 heteroatoms. The fraction of sp³-hybridized carbons (Fsp3) is 1.00. The Bertz CT molecular complexity index is 276. The first kappa shape index (κ1) is 14.4. The van der Waals surface area contributed by atoms with Crippen molar-refractivity contribution in [2.45, 2.75) is 37.4 Å². The molecule has 0 bridgehead atoms. The van der Waals surface area contributed by atoms with Gasteiger partial charge in [-0.15, -0.1) is 0 Å². The quantitative estimate of drug-likeness (QED) is 0.574. The van der Waals surface area contributed by atoms with Crippen LogP contribution in [-0.2, 0) is 14.8 Å². The molecular weight excluding hydrogens is 294 g/mol. The summed E-state index contributed by atoms with van der Waals surface area (Å²) < 4.78 is 31.5. The number of halogens is 1. The lowest BCUT2D eigenvalue weighted by Crippen LogP contribution is -2.37. The van der Waals surface area contributed by atoms with E-state index in [1.54, 1.807) is 0 Å². The van der Waals surface area contributed by atoms with Crippen LogP contribution in [0, 0.1) is 0 Å². The van der Waals surface area contributed by atoms with Gasteiger partial charge in [0.05, 0.1) is 18.5 Å². The summed E-state index contributed by atoms with van der Waals surface area (Å²) in [6, 6.07) is 0. The molecule has 0 unspecified atom stereocenters. The third-order valence-corrected chi connectivity index (χ3v) is 5.04. The Hall–Kier alpha value is 0.350. The van der Waals surface area contributed by atoms with Crippen molar-refractivity contribution >= 4 is 26.0 Å². The second-order valence-electron chi connectivity index (χ2n) is 4.00. The van der Waals surface area contributed by atoms with Crippen molar-refractivity contribution in [2.75, 3.05) is 25.1 Å². The molecule has 0 aromatic heterocycles. The fourth-order valence-corrected chi connectivity index (χ4v) is 3.69. The van der Waals surface area contributed by atoms with Crippen molar-refractivity contribution in [1.29, 1.82) is 0 Å². The fourth-order valence-electron chi connectivity index (χ4n) is 1.91. The van der Waals surface area contributed by atoms with Crippen molar-refractivity contribution in [2.24, 2.45) is 0 Å². The van der Waals surface area contributed by atoms with Gasteiger partial charge < -0.3 is 4.74 Å². The van der Waals surface area contributed by atoms with Gasteiger partial charge in [0.2, 0.25) is 10.0 Å².